The fourth-order valence-electron chi connectivity index (χ4n) is 2.14. The molecule has 0 fully saturated rings. The number of carbonyl (C=O) groups excluding carboxylic acids is 1. The number of nitrogens with two attached hydrogens (primary N) is 1. The van der Waals surface area contributed by atoms with E-state index in [0.717, 1.165) is 22.8 Å². The van der Waals surface area contributed by atoms with Crippen LogP contribution in [0.3, 0.4) is 0 Å². The molecule has 1 aromatic heterocycles. The number of thiazole rings is 1. The van der Waals surface area contributed by atoms with Gasteiger partial charge in [-0.15, -0.1) is 11.3 Å². The quantitative estimate of drug-likeness (QED) is 0.878. The molecule has 1 amide bonds. The van der Waals surface area contributed by atoms with Gasteiger partial charge in [0.2, 0.25) is 0 Å². The van der Waals surface area contributed by atoms with Gasteiger partial charge in [-0.3, -0.25) is 4.79 Å². The number of nitrogens with zero attached hydrogens (tertiary/aromatic N) is 2. The zero-order valence-electron chi connectivity index (χ0n) is 12.0. The Balaban J connectivity index is 2.41. The van der Waals surface area contributed by atoms with Gasteiger partial charge in [0.05, 0.1) is 22.1 Å². The van der Waals surface area contributed by atoms with E-state index in [0.29, 0.717) is 17.1 Å². The van der Waals surface area contributed by atoms with Gasteiger partial charge >= 0.3 is 0 Å². The molecule has 2 N–H and O–H groups in total. The maximum Gasteiger partial charge on any atom is 0.270 e. The SMILES string of the molecule is CCCN(C(=O)c1sc(C)nc1C)c1ccccc1N. The Morgan fingerprint density at radius 3 is 2.60 bits per heavy atom. The van der Waals surface area contributed by atoms with Crippen molar-refractivity contribution in [2.45, 2.75) is 27.2 Å². The predicted molar refractivity (Wildman–Crippen MR) is 84.4 cm³/mol. The van der Waals surface area contributed by atoms with E-state index in [-0.39, 0.29) is 5.91 Å². The number of aryl methyl sites for hydroxylation is 2. The monoisotopic (exact) mass is 289 g/mol. The normalized spacial score (nSPS) is 10.6. The topological polar surface area (TPSA) is 59.2 Å². The molecule has 0 aliphatic rings. The van der Waals surface area contributed by atoms with Gasteiger partial charge in [0.1, 0.15) is 4.88 Å². The number of amides is 1. The smallest absolute Gasteiger partial charge is 0.270 e. The molecular weight excluding hydrogens is 270 g/mol. The van der Waals surface area contributed by atoms with Crippen molar-refractivity contribution >= 4 is 28.6 Å². The molecule has 1 heterocycles. The van der Waals surface area contributed by atoms with Crippen molar-refractivity contribution in [3.8, 4) is 0 Å². The second kappa shape index (κ2) is 6.05. The molecule has 0 saturated carbocycles. The van der Waals surface area contributed by atoms with Crippen molar-refractivity contribution in [2.75, 3.05) is 17.2 Å². The largest absolute Gasteiger partial charge is 0.397 e. The van der Waals surface area contributed by atoms with Gasteiger partial charge in [-0.05, 0) is 32.4 Å². The van der Waals surface area contributed by atoms with E-state index in [1.54, 1.807) is 4.90 Å². The third-order valence-electron chi connectivity index (χ3n) is 3.02. The van der Waals surface area contributed by atoms with Crippen LogP contribution in [0.2, 0.25) is 0 Å². The lowest BCUT2D eigenvalue weighted by molar-refractivity contribution is 0.0990. The van der Waals surface area contributed by atoms with E-state index in [2.05, 4.69) is 4.98 Å². The molecule has 2 rings (SSSR count). The summed E-state index contributed by atoms with van der Waals surface area (Å²) in [5, 5.41) is 0.906. The van der Waals surface area contributed by atoms with Gasteiger partial charge in [0.15, 0.2) is 0 Å². The van der Waals surface area contributed by atoms with Crippen LogP contribution in [0.5, 0.6) is 0 Å². The number of benzene rings is 1. The van der Waals surface area contributed by atoms with E-state index in [1.165, 1.54) is 11.3 Å². The number of hydrogen-bond donors (Lipinski definition) is 1. The molecule has 5 heteroatoms. The summed E-state index contributed by atoms with van der Waals surface area (Å²) in [7, 11) is 0. The van der Waals surface area contributed by atoms with Crippen molar-refractivity contribution in [2.24, 2.45) is 0 Å². The van der Waals surface area contributed by atoms with Crippen LogP contribution < -0.4 is 10.6 Å². The Bertz CT molecular complexity index is 621. The first-order valence-electron chi connectivity index (χ1n) is 6.65. The van der Waals surface area contributed by atoms with Crippen molar-refractivity contribution in [1.29, 1.82) is 0 Å². The summed E-state index contributed by atoms with van der Waals surface area (Å²) < 4.78 is 0. The molecule has 1 aromatic carbocycles. The second-order valence-corrected chi connectivity index (χ2v) is 5.87. The van der Waals surface area contributed by atoms with Gasteiger partial charge in [-0.2, -0.15) is 0 Å². The first-order chi connectivity index (χ1) is 9.54. The van der Waals surface area contributed by atoms with Crippen LogP contribution in [0.15, 0.2) is 24.3 Å². The minimum atomic E-state index is -0.0205. The molecule has 0 aliphatic carbocycles. The summed E-state index contributed by atoms with van der Waals surface area (Å²) in [5.74, 6) is -0.0205. The number of hydrogen-bond acceptors (Lipinski definition) is 4. The van der Waals surface area contributed by atoms with Gasteiger partial charge in [0.25, 0.3) is 5.91 Å². The number of aromatic nitrogens is 1. The van der Waals surface area contributed by atoms with E-state index in [4.69, 9.17) is 5.73 Å². The first kappa shape index (κ1) is 14.5. The molecule has 0 unspecified atom stereocenters. The molecule has 0 bridgehead atoms. The lowest BCUT2D eigenvalue weighted by atomic mass is 10.2. The van der Waals surface area contributed by atoms with Crippen LogP contribution in [0.1, 0.15) is 33.7 Å². The molecule has 20 heavy (non-hydrogen) atoms. The van der Waals surface area contributed by atoms with E-state index >= 15 is 0 Å². The summed E-state index contributed by atoms with van der Waals surface area (Å²) in [6.45, 7) is 6.47. The number of para-hydroxylation sites is 2. The summed E-state index contributed by atoms with van der Waals surface area (Å²) in [6.07, 6.45) is 0.872. The van der Waals surface area contributed by atoms with Gasteiger partial charge in [0, 0.05) is 6.54 Å². The average Bonchev–Trinajstić information content (AvgIpc) is 2.75. The Hall–Kier alpha value is -1.88. The Morgan fingerprint density at radius 1 is 1.35 bits per heavy atom. The fraction of sp³-hybridized carbons (Fsp3) is 0.333. The molecule has 0 spiro atoms. The van der Waals surface area contributed by atoms with Gasteiger partial charge < -0.3 is 10.6 Å². The number of nitrogen functional groups attached to an aromatic ring is 1. The minimum Gasteiger partial charge on any atom is -0.397 e. The van der Waals surface area contributed by atoms with Gasteiger partial charge in [-0.1, -0.05) is 19.1 Å². The van der Waals surface area contributed by atoms with Crippen LogP contribution in [-0.4, -0.2) is 17.4 Å². The van der Waals surface area contributed by atoms with Crippen molar-refractivity contribution in [1.82, 2.24) is 4.98 Å². The molecular formula is C15H19N3OS. The minimum absolute atomic E-state index is 0.0205. The van der Waals surface area contributed by atoms with Crippen LogP contribution in [0, 0.1) is 13.8 Å². The lowest BCUT2D eigenvalue weighted by Crippen LogP contribution is -2.32. The summed E-state index contributed by atoms with van der Waals surface area (Å²) in [6, 6.07) is 7.46. The highest BCUT2D eigenvalue weighted by Gasteiger charge is 2.22. The highest BCUT2D eigenvalue weighted by atomic mass is 32.1. The molecule has 0 radical (unpaired) electrons. The number of anilines is 2. The first-order valence-corrected chi connectivity index (χ1v) is 7.46. The molecule has 0 saturated heterocycles. The van der Waals surface area contributed by atoms with E-state index < -0.39 is 0 Å². The van der Waals surface area contributed by atoms with Gasteiger partial charge in [-0.25, -0.2) is 4.98 Å². The van der Waals surface area contributed by atoms with Crippen molar-refractivity contribution in [3.05, 3.63) is 39.8 Å². The van der Waals surface area contributed by atoms with E-state index in [1.807, 2.05) is 45.0 Å². The van der Waals surface area contributed by atoms with Crippen LogP contribution in [0.25, 0.3) is 0 Å². The number of carbonyl (C=O) groups is 1. The summed E-state index contributed by atoms with van der Waals surface area (Å²) in [5.41, 5.74) is 8.18. The fourth-order valence-corrected chi connectivity index (χ4v) is 3.01. The van der Waals surface area contributed by atoms with E-state index in [9.17, 15) is 4.79 Å². The zero-order valence-corrected chi connectivity index (χ0v) is 12.8. The van der Waals surface area contributed by atoms with Crippen molar-refractivity contribution < 1.29 is 4.79 Å². The van der Waals surface area contributed by atoms with Crippen molar-refractivity contribution in [3.63, 3.8) is 0 Å². The lowest BCUT2D eigenvalue weighted by Gasteiger charge is -2.23. The molecule has 0 aliphatic heterocycles. The average molecular weight is 289 g/mol. The predicted octanol–water partition coefficient (Wildman–Crippen LogP) is 3.40. The Kier molecular flexibility index (Phi) is 4.39. The summed E-state index contributed by atoms with van der Waals surface area (Å²) in [4.78, 5) is 19.5. The summed E-state index contributed by atoms with van der Waals surface area (Å²) >= 11 is 1.43. The Morgan fingerprint density at radius 2 is 2.05 bits per heavy atom. The van der Waals surface area contributed by atoms with Crippen LogP contribution >= 0.6 is 11.3 Å². The Labute approximate surface area is 123 Å². The van der Waals surface area contributed by atoms with Crippen LogP contribution in [-0.2, 0) is 0 Å². The molecule has 2 aromatic rings. The third kappa shape index (κ3) is 2.82. The number of rotatable bonds is 4. The highest BCUT2D eigenvalue weighted by molar-refractivity contribution is 7.13. The second-order valence-electron chi connectivity index (χ2n) is 4.66. The molecule has 0 atom stereocenters. The third-order valence-corrected chi connectivity index (χ3v) is 4.08. The van der Waals surface area contributed by atoms with Crippen LogP contribution in [0.4, 0.5) is 11.4 Å². The standard InChI is InChI=1S/C15H19N3OS/c1-4-9-18(13-8-6-5-7-12(13)16)15(19)14-10(2)17-11(3)20-14/h5-8H,4,9,16H2,1-3H3. The molecule has 106 valence electrons. The zero-order chi connectivity index (χ0) is 14.7. The maximum absolute atomic E-state index is 12.8. The molecule has 4 nitrogen and oxygen atoms in total. The highest BCUT2D eigenvalue weighted by Crippen LogP contribution is 2.27. The maximum atomic E-state index is 12.8.